The minimum atomic E-state index is -0.441. The van der Waals surface area contributed by atoms with Gasteiger partial charge in [-0.2, -0.15) is 10.2 Å². The number of fused-ring (bicyclic) bond motifs is 1. The molecule has 1 amide bonds. The van der Waals surface area contributed by atoms with Crippen LogP contribution in [-0.2, 0) is 11.3 Å². The number of halogens is 1. The standard InChI is InChI=1S/C20H16FN5O2/c1-13-2-4-14(5-3-13)17-10-18-20(28)25(22-12-26(18)24-17)11-19(27)23-16-8-6-15(21)7-9-16/h2-10,12H,11H2,1H3,(H,23,27). The minimum absolute atomic E-state index is 0.266. The van der Waals surface area contributed by atoms with Gasteiger partial charge in [-0.25, -0.2) is 13.6 Å². The number of nitrogens with zero attached hydrogens (tertiary/aromatic N) is 4. The molecule has 0 aliphatic rings. The highest BCUT2D eigenvalue weighted by atomic mass is 19.1. The number of aryl methyl sites for hydroxylation is 1. The van der Waals surface area contributed by atoms with Crippen molar-refractivity contribution in [2.75, 3.05) is 5.32 Å². The van der Waals surface area contributed by atoms with E-state index in [0.717, 1.165) is 15.8 Å². The van der Waals surface area contributed by atoms with Crippen molar-refractivity contribution >= 4 is 17.1 Å². The maximum Gasteiger partial charge on any atom is 0.293 e. The molecule has 0 aliphatic carbocycles. The van der Waals surface area contributed by atoms with Gasteiger partial charge in [-0.15, -0.1) is 0 Å². The Labute approximate surface area is 159 Å². The largest absolute Gasteiger partial charge is 0.324 e. The lowest BCUT2D eigenvalue weighted by Crippen LogP contribution is -2.30. The van der Waals surface area contributed by atoms with E-state index in [1.165, 1.54) is 35.1 Å². The third kappa shape index (κ3) is 3.52. The molecule has 7 nitrogen and oxygen atoms in total. The Morgan fingerprint density at radius 1 is 1.11 bits per heavy atom. The topological polar surface area (TPSA) is 81.3 Å². The maximum absolute atomic E-state index is 12.9. The summed E-state index contributed by atoms with van der Waals surface area (Å²) in [4.78, 5) is 24.9. The normalized spacial score (nSPS) is 10.9. The lowest BCUT2D eigenvalue weighted by molar-refractivity contribution is -0.117. The van der Waals surface area contributed by atoms with Crippen molar-refractivity contribution in [3.05, 3.63) is 82.7 Å². The van der Waals surface area contributed by atoms with Gasteiger partial charge in [-0.05, 0) is 37.3 Å². The lowest BCUT2D eigenvalue weighted by atomic mass is 10.1. The number of carbonyl (C=O) groups is 1. The molecule has 0 spiro atoms. The fraction of sp³-hybridized carbons (Fsp3) is 0.100. The van der Waals surface area contributed by atoms with E-state index in [9.17, 15) is 14.0 Å². The smallest absolute Gasteiger partial charge is 0.293 e. The van der Waals surface area contributed by atoms with Crippen molar-refractivity contribution in [2.45, 2.75) is 13.5 Å². The summed E-state index contributed by atoms with van der Waals surface area (Å²) in [6, 6.07) is 14.8. The van der Waals surface area contributed by atoms with Crippen LogP contribution >= 0.6 is 0 Å². The summed E-state index contributed by atoms with van der Waals surface area (Å²) >= 11 is 0. The van der Waals surface area contributed by atoms with Crippen LogP contribution in [0.25, 0.3) is 16.8 Å². The second-order valence-electron chi connectivity index (χ2n) is 6.37. The van der Waals surface area contributed by atoms with Gasteiger partial charge < -0.3 is 5.32 Å². The minimum Gasteiger partial charge on any atom is -0.324 e. The van der Waals surface area contributed by atoms with E-state index in [1.807, 2.05) is 31.2 Å². The molecule has 1 N–H and O–H groups in total. The van der Waals surface area contributed by atoms with Crippen molar-refractivity contribution in [2.24, 2.45) is 0 Å². The molecule has 140 valence electrons. The van der Waals surface area contributed by atoms with E-state index in [-0.39, 0.29) is 6.54 Å². The molecule has 4 aromatic rings. The molecule has 0 radical (unpaired) electrons. The van der Waals surface area contributed by atoms with E-state index in [2.05, 4.69) is 15.5 Å². The summed E-state index contributed by atoms with van der Waals surface area (Å²) in [6.07, 6.45) is 1.39. The van der Waals surface area contributed by atoms with Gasteiger partial charge in [0.15, 0.2) is 0 Å². The number of hydrogen-bond donors (Lipinski definition) is 1. The highest BCUT2D eigenvalue weighted by molar-refractivity contribution is 5.90. The van der Waals surface area contributed by atoms with E-state index >= 15 is 0 Å². The molecule has 2 aromatic heterocycles. The molecule has 0 aliphatic heterocycles. The summed E-state index contributed by atoms with van der Waals surface area (Å²) in [5.74, 6) is -0.838. The molecule has 0 saturated heterocycles. The Balaban J connectivity index is 1.59. The Morgan fingerprint density at radius 2 is 1.82 bits per heavy atom. The van der Waals surface area contributed by atoms with E-state index < -0.39 is 17.3 Å². The second kappa shape index (κ2) is 7.07. The average Bonchev–Trinajstić information content (AvgIpc) is 3.12. The third-order valence-corrected chi connectivity index (χ3v) is 4.26. The number of hydrogen-bond acceptors (Lipinski definition) is 4. The summed E-state index contributed by atoms with van der Waals surface area (Å²) in [6.45, 7) is 1.73. The van der Waals surface area contributed by atoms with Crippen LogP contribution in [0.4, 0.5) is 10.1 Å². The number of rotatable bonds is 4. The van der Waals surface area contributed by atoms with Crippen LogP contribution in [0, 0.1) is 12.7 Å². The van der Waals surface area contributed by atoms with Crippen LogP contribution in [-0.4, -0.2) is 25.3 Å². The first-order valence-electron chi connectivity index (χ1n) is 8.57. The molecule has 28 heavy (non-hydrogen) atoms. The highest BCUT2D eigenvalue weighted by Crippen LogP contribution is 2.18. The van der Waals surface area contributed by atoms with E-state index in [4.69, 9.17) is 0 Å². The SMILES string of the molecule is Cc1ccc(-c2cc3c(=O)n(CC(=O)Nc4ccc(F)cc4)ncn3n2)cc1. The summed E-state index contributed by atoms with van der Waals surface area (Å²) < 4.78 is 15.4. The van der Waals surface area contributed by atoms with Crippen molar-refractivity contribution in [1.82, 2.24) is 19.4 Å². The van der Waals surface area contributed by atoms with Crippen LogP contribution in [0.1, 0.15) is 5.56 Å². The quantitative estimate of drug-likeness (QED) is 0.593. The predicted molar refractivity (Wildman–Crippen MR) is 102 cm³/mol. The third-order valence-electron chi connectivity index (χ3n) is 4.26. The Hall–Kier alpha value is -3.81. The first-order chi connectivity index (χ1) is 13.5. The van der Waals surface area contributed by atoms with Gasteiger partial charge in [0, 0.05) is 11.3 Å². The fourth-order valence-electron chi connectivity index (χ4n) is 2.79. The summed E-state index contributed by atoms with van der Waals surface area (Å²) in [5, 5.41) is 11.0. The van der Waals surface area contributed by atoms with Crippen molar-refractivity contribution in [1.29, 1.82) is 0 Å². The molecule has 0 unspecified atom stereocenters. The summed E-state index contributed by atoms with van der Waals surface area (Å²) in [5.41, 5.74) is 2.99. The van der Waals surface area contributed by atoms with E-state index in [1.54, 1.807) is 6.07 Å². The number of carbonyl (C=O) groups excluding carboxylic acids is 1. The molecule has 0 bridgehead atoms. The van der Waals surface area contributed by atoms with Gasteiger partial charge in [0.1, 0.15) is 24.2 Å². The molecular weight excluding hydrogens is 361 g/mol. The predicted octanol–water partition coefficient (Wildman–Crippen LogP) is 2.64. The van der Waals surface area contributed by atoms with E-state index in [0.29, 0.717) is 16.9 Å². The number of anilines is 1. The Kier molecular flexibility index (Phi) is 4.44. The Morgan fingerprint density at radius 3 is 2.54 bits per heavy atom. The van der Waals surface area contributed by atoms with Crippen LogP contribution in [0.15, 0.2) is 65.7 Å². The van der Waals surface area contributed by atoms with Crippen LogP contribution in [0.5, 0.6) is 0 Å². The van der Waals surface area contributed by atoms with Crippen molar-refractivity contribution in [3.8, 4) is 11.3 Å². The number of aromatic nitrogens is 4. The molecule has 2 heterocycles. The monoisotopic (exact) mass is 377 g/mol. The van der Waals surface area contributed by atoms with Gasteiger partial charge in [0.05, 0.1) is 5.69 Å². The van der Waals surface area contributed by atoms with Crippen LogP contribution in [0.2, 0.25) is 0 Å². The second-order valence-corrected chi connectivity index (χ2v) is 6.37. The molecular formula is C20H16FN5O2. The lowest BCUT2D eigenvalue weighted by Gasteiger charge is -2.06. The zero-order valence-electron chi connectivity index (χ0n) is 15.0. The van der Waals surface area contributed by atoms with Crippen molar-refractivity contribution < 1.29 is 9.18 Å². The average molecular weight is 377 g/mol. The first kappa shape index (κ1) is 17.6. The van der Waals surface area contributed by atoms with Gasteiger partial charge >= 0.3 is 0 Å². The number of amides is 1. The molecule has 0 atom stereocenters. The van der Waals surface area contributed by atoms with Crippen molar-refractivity contribution in [3.63, 3.8) is 0 Å². The highest BCUT2D eigenvalue weighted by Gasteiger charge is 2.12. The zero-order chi connectivity index (χ0) is 19.7. The first-order valence-corrected chi connectivity index (χ1v) is 8.57. The Bertz CT molecular complexity index is 1210. The zero-order valence-corrected chi connectivity index (χ0v) is 15.0. The number of nitrogens with one attached hydrogen (secondary N) is 1. The fourth-order valence-corrected chi connectivity index (χ4v) is 2.79. The molecule has 0 saturated carbocycles. The van der Waals surface area contributed by atoms with Gasteiger partial charge in [0.25, 0.3) is 5.56 Å². The molecule has 2 aromatic carbocycles. The van der Waals surface area contributed by atoms with Crippen LogP contribution in [0.3, 0.4) is 0 Å². The number of benzene rings is 2. The maximum atomic E-state index is 12.9. The molecule has 8 heteroatoms. The van der Waals surface area contributed by atoms with Gasteiger partial charge in [-0.3, -0.25) is 9.59 Å². The molecule has 0 fully saturated rings. The van der Waals surface area contributed by atoms with Crippen LogP contribution < -0.4 is 10.9 Å². The summed E-state index contributed by atoms with van der Waals surface area (Å²) in [7, 11) is 0. The van der Waals surface area contributed by atoms with Gasteiger partial charge in [0.2, 0.25) is 5.91 Å². The molecule has 4 rings (SSSR count). The van der Waals surface area contributed by atoms with Gasteiger partial charge in [-0.1, -0.05) is 29.8 Å².